The predicted molar refractivity (Wildman–Crippen MR) is 106 cm³/mol. The van der Waals surface area contributed by atoms with Crippen molar-refractivity contribution >= 4 is 22.8 Å². The Kier molecular flexibility index (Phi) is 5.89. The minimum Gasteiger partial charge on any atom is -0.497 e. The quantitative estimate of drug-likeness (QED) is 0.666. The highest BCUT2D eigenvalue weighted by atomic mass is 16.5. The van der Waals surface area contributed by atoms with E-state index in [1.807, 2.05) is 56.3 Å². The van der Waals surface area contributed by atoms with Crippen molar-refractivity contribution in [1.82, 2.24) is 10.3 Å². The van der Waals surface area contributed by atoms with Crippen molar-refractivity contribution in [2.24, 2.45) is 0 Å². The molecule has 6 nitrogen and oxygen atoms in total. The number of pyridine rings is 1. The van der Waals surface area contributed by atoms with Gasteiger partial charge in [-0.15, -0.1) is 0 Å². The maximum atomic E-state index is 12.5. The van der Waals surface area contributed by atoms with Crippen LogP contribution >= 0.6 is 0 Å². The van der Waals surface area contributed by atoms with E-state index in [2.05, 4.69) is 10.3 Å². The summed E-state index contributed by atoms with van der Waals surface area (Å²) in [6.07, 6.45) is 0. The smallest absolute Gasteiger partial charge is 0.339 e. The van der Waals surface area contributed by atoms with Crippen LogP contribution in [-0.2, 0) is 16.1 Å². The first-order chi connectivity index (χ1) is 13.5. The van der Waals surface area contributed by atoms with E-state index in [1.165, 1.54) is 0 Å². The van der Waals surface area contributed by atoms with Crippen molar-refractivity contribution in [3.05, 3.63) is 70.9 Å². The lowest BCUT2D eigenvalue weighted by Gasteiger charge is -2.10. The molecule has 0 saturated heterocycles. The zero-order chi connectivity index (χ0) is 20.1. The zero-order valence-electron chi connectivity index (χ0n) is 16.1. The van der Waals surface area contributed by atoms with Gasteiger partial charge in [-0.1, -0.05) is 23.8 Å². The van der Waals surface area contributed by atoms with Crippen LogP contribution in [0.25, 0.3) is 10.9 Å². The third-order valence-corrected chi connectivity index (χ3v) is 4.27. The number of esters is 1. The lowest BCUT2D eigenvalue weighted by Crippen LogP contribution is -2.28. The fourth-order valence-electron chi connectivity index (χ4n) is 2.88. The van der Waals surface area contributed by atoms with Crippen LogP contribution < -0.4 is 10.1 Å². The molecule has 0 radical (unpaired) electrons. The average molecular weight is 378 g/mol. The van der Waals surface area contributed by atoms with E-state index < -0.39 is 5.97 Å². The molecule has 0 unspecified atom stereocenters. The van der Waals surface area contributed by atoms with Gasteiger partial charge in [0.1, 0.15) is 5.75 Å². The molecule has 0 aliphatic rings. The van der Waals surface area contributed by atoms with Gasteiger partial charge in [-0.25, -0.2) is 4.79 Å². The molecule has 0 aliphatic heterocycles. The van der Waals surface area contributed by atoms with Crippen molar-refractivity contribution in [3.63, 3.8) is 0 Å². The molecule has 0 spiro atoms. The van der Waals surface area contributed by atoms with Gasteiger partial charge < -0.3 is 14.8 Å². The van der Waals surface area contributed by atoms with Crippen LogP contribution in [0.15, 0.2) is 48.5 Å². The van der Waals surface area contributed by atoms with Gasteiger partial charge in [-0.05, 0) is 49.7 Å². The topological polar surface area (TPSA) is 77.5 Å². The molecular formula is C22H22N2O4. The van der Waals surface area contributed by atoms with Gasteiger partial charge >= 0.3 is 5.97 Å². The Bertz CT molecular complexity index is 1030. The number of aryl methyl sites for hydroxylation is 2. The van der Waals surface area contributed by atoms with Gasteiger partial charge in [0.2, 0.25) is 0 Å². The van der Waals surface area contributed by atoms with Crippen LogP contribution in [0.3, 0.4) is 0 Å². The highest BCUT2D eigenvalue weighted by Gasteiger charge is 2.15. The third-order valence-electron chi connectivity index (χ3n) is 4.27. The largest absolute Gasteiger partial charge is 0.497 e. The summed E-state index contributed by atoms with van der Waals surface area (Å²) in [6.45, 7) is 3.74. The van der Waals surface area contributed by atoms with Crippen LogP contribution in [0, 0.1) is 13.8 Å². The highest BCUT2D eigenvalue weighted by molar-refractivity contribution is 6.04. The second kappa shape index (κ2) is 8.52. The van der Waals surface area contributed by atoms with Gasteiger partial charge in [-0.3, -0.25) is 9.78 Å². The zero-order valence-corrected chi connectivity index (χ0v) is 16.1. The molecule has 3 rings (SSSR count). The standard InChI is InChI=1S/C22H22N2O4/c1-14-7-8-20-18(9-14)19(10-15(2)24-20)22(26)28-13-21(25)23-12-16-5-4-6-17(11-16)27-3/h4-11H,12-13H2,1-3H3,(H,23,25). The monoisotopic (exact) mass is 378 g/mol. The van der Waals surface area contributed by atoms with Crippen LogP contribution in [0.4, 0.5) is 0 Å². The summed E-state index contributed by atoms with van der Waals surface area (Å²) < 4.78 is 10.4. The van der Waals surface area contributed by atoms with Gasteiger partial charge in [0.05, 0.1) is 18.2 Å². The van der Waals surface area contributed by atoms with Crippen molar-refractivity contribution in [2.45, 2.75) is 20.4 Å². The number of aromatic nitrogens is 1. The Labute approximate surface area is 163 Å². The predicted octanol–water partition coefficient (Wildman–Crippen LogP) is 3.33. The molecule has 1 heterocycles. The second-order valence-electron chi connectivity index (χ2n) is 6.54. The van der Waals surface area contributed by atoms with E-state index in [4.69, 9.17) is 9.47 Å². The Morgan fingerprint density at radius 2 is 1.89 bits per heavy atom. The van der Waals surface area contributed by atoms with E-state index in [0.29, 0.717) is 28.9 Å². The summed E-state index contributed by atoms with van der Waals surface area (Å²) in [7, 11) is 1.59. The molecule has 6 heteroatoms. The molecule has 1 N–H and O–H groups in total. The molecule has 1 aromatic heterocycles. The molecule has 3 aromatic rings. The van der Waals surface area contributed by atoms with E-state index >= 15 is 0 Å². The maximum Gasteiger partial charge on any atom is 0.339 e. The Balaban J connectivity index is 1.63. The Morgan fingerprint density at radius 1 is 1.07 bits per heavy atom. The van der Waals surface area contributed by atoms with Crippen molar-refractivity contribution in [2.75, 3.05) is 13.7 Å². The van der Waals surface area contributed by atoms with Gasteiger partial charge in [0.25, 0.3) is 5.91 Å². The van der Waals surface area contributed by atoms with Crippen molar-refractivity contribution in [3.8, 4) is 5.75 Å². The number of methoxy groups -OCH3 is 1. The number of carbonyl (C=O) groups excluding carboxylic acids is 2. The fourth-order valence-corrected chi connectivity index (χ4v) is 2.88. The van der Waals surface area contributed by atoms with E-state index in [0.717, 1.165) is 16.6 Å². The SMILES string of the molecule is COc1cccc(CNC(=O)COC(=O)c2cc(C)nc3ccc(C)cc23)c1. The maximum absolute atomic E-state index is 12.5. The minimum absolute atomic E-state index is 0.323. The van der Waals surface area contributed by atoms with Crippen LogP contribution in [0.2, 0.25) is 0 Å². The van der Waals surface area contributed by atoms with E-state index in [1.54, 1.807) is 13.2 Å². The van der Waals surface area contributed by atoms with E-state index in [9.17, 15) is 9.59 Å². The highest BCUT2D eigenvalue weighted by Crippen LogP contribution is 2.21. The lowest BCUT2D eigenvalue weighted by atomic mass is 10.1. The average Bonchev–Trinajstić information content (AvgIpc) is 2.70. The molecule has 0 aliphatic carbocycles. The number of hydrogen-bond acceptors (Lipinski definition) is 5. The summed E-state index contributed by atoms with van der Waals surface area (Å²) in [5.41, 5.74) is 3.76. The minimum atomic E-state index is -0.544. The molecule has 0 fully saturated rings. The number of hydrogen-bond donors (Lipinski definition) is 1. The number of benzene rings is 2. The second-order valence-corrected chi connectivity index (χ2v) is 6.54. The first-order valence-electron chi connectivity index (χ1n) is 8.91. The van der Waals surface area contributed by atoms with Crippen LogP contribution in [0.5, 0.6) is 5.75 Å². The lowest BCUT2D eigenvalue weighted by molar-refractivity contribution is -0.124. The first-order valence-corrected chi connectivity index (χ1v) is 8.91. The fraction of sp³-hybridized carbons (Fsp3) is 0.227. The number of ether oxygens (including phenoxy) is 2. The third kappa shape index (κ3) is 4.65. The van der Waals surface area contributed by atoms with Crippen molar-refractivity contribution < 1.29 is 19.1 Å². The number of carbonyl (C=O) groups is 2. The molecule has 0 saturated carbocycles. The number of fused-ring (bicyclic) bond motifs is 1. The summed E-state index contributed by atoms with van der Waals surface area (Å²) in [5, 5.41) is 3.45. The summed E-state index contributed by atoms with van der Waals surface area (Å²) >= 11 is 0. The molecule has 28 heavy (non-hydrogen) atoms. The van der Waals surface area contributed by atoms with Crippen LogP contribution in [-0.4, -0.2) is 30.6 Å². The number of nitrogens with one attached hydrogen (secondary N) is 1. The van der Waals surface area contributed by atoms with Crippen molar-refractivity contribution in [1.29, 1.82) is 0 Å². The van der Waals surface area contributed by atoms with Gasteiger partial charge in [-0.2, -0.15) is 0 Å². The Morgan fingerprint density at radius 3 is 2.68 bits per heavy atom. The van der Waals surface area contributed by atoms with Gasteiger partial charge in [0.15, 0.2) is 6.61 Å². The number of rotatable bonds is 6. The molecule has 1 amide bonds. The molecule has 0 bridgehead atoms. The number of nitrogens with zero attached hydrogens (tertiary/aromatic N) is 1. The summed E-state index contributed by atoms with van der Waals surface area (Å²) in [5.74, 6) is -0.200. The normalized spacial score (nSPS) is 10.5. The number of amides is 1. The Hall–Kier alpha value is -3.41. The molecule has 0 atom stereocenters. The molecule has 144 valence electrons. The summed E-state index contributed by atoms with van der Waals surface area (Å²) in [4.78, 5) is 29.0. The first kappa shape index (κ1) is 19.4. The van der Waals surface area contributed by atoms with Crippen LogP contribution in [0.1, 0.15) is 27.2 Å². The molecular weight excluding hydrogens is 356 g/mol. The molecule has 2 aromatic carbocycles. The van der Waals surface area contributed by atoms with Gasteiger partial charge in [0, 0.05) is 17.6 Å². The summed E-state index contributed by atoms with van der Waals surface area (Å²) in [6, 6.07) is 14.8. The van der Waals surface area contributed by atoms with E-state index in [-0.39, 0.29) is 12.5 Å².